The number of halogens is 1. The number of piperidine rings is 1. The van der Waals surface area contributed by atoms with E-state index in [1.54, 1.807) is 12.1 Å². The highest BCUT2D eigenvalue weighted by Crippen LogP contribution is 2.35. The lowest BCUT2D eigenvalue weighted by molar-refractivity contribution is -0.136. The highest BCUT2D eigenvalue weighted by atomic mass is 19.1. The second-order valence-corrected chi connectivity index (χ2v) is 9.08. The zero-order valence-corrected chi connectivity index (χ0v) is 19.0. The Morgan fingerprint density at radius 3 is 2.60 bits per heavy atom. The molecule has 5 rings (SSSR count). The van der Waals surface area contributed by atoms with Gasteiger partial charge in [0.15, 0.2) is 0 Å². The number of anilines is 1. The lowest BCUT2D eigenvalue weighted by Gasteiger charge is -2.37. The van der Waals surface area contributed by atoms with Crippen LogP contribution in [0.2, 0.25) is 0 Å². The van der Waals surface area contributed by atoms with Crippen LogP contribution in [0, 0.1) is 17.1 Å². The van der Waals surface area contributed by atoms with E-state index in [-0.39, 0.29) is 42.2 Å². The molecule has 0 bridgehead atoms. The van der Waals surface area contributed by atoms with Gasteiger partial charge < -0.3 is 14.9 Å². The fourth-order valence-electron chi connectivity index (χ4n) is 5.07. The first-order valence-corrected chi connectivity index (χ1v) is 11.5. The number of amides is 3. The van der Waals surface area contributed by atoms with E-state index in [4.69, 9.17) is 5.26 Å². The third-order valence-corrected chi connectivity index (χ3v) is 6.90. The largest absolute Gasteiger partial charge is 0.507 e. The Balaban J connectivity index is 1.30. The van der Waals surface area contributed by atoms with E-state index in [1.165, 1.54) is 23.1 Å². The minimum atomic E-state index is -0.746. The van der Waals surface area contributed by atoms with Gasteiger partial charge in [-0.3, -0.25) is 24.6 Å². The average Bonchev–Trinajstić information content (AvgIpc) is 3.16. The molecule has 3 heterocycles. The van der Waals surface area contributed by atoms with Gasteiger partial charge in [0.25, 0.3) is 5.91 Å². The summed E-state index contributed by atoms with van der Waals surface area (Å²) < 4.78 is 14.5. The number of nitrogens with one attached hydrogen (secondary N) is 1. The molecule has 1 atom stereocenters. The fraction of sp³-hybridized carbons (Fsp3) is 0.360. The van der Waals surface area contributed by atoms with Crippen LogP contribution < -0.4 is 10.2 Å². The number of carbonyl (C=O) groups excluding carboxylic acids is 3. The summed E-state index contributed by atoms with van der Waals surface area (Å²) in [6.45, 7) is 3.43. The molecule has 0 radical (unpaired) electrons. The van der Waals surface area contributed by atoms with Crippen LogP contribution in [-0.4, -0.2) is 64.8 Å². The normalized spacial score (nSPS) is 20.6. The first-order valence-electron chi connectivity index (χ1n) is 11.5. The van der Waals surface area contributed by atoms with Crippen molar-refractivity contribution in [2.45, 2.75) is 32.0 Å². The molecule has 9 nitrogen and oxygen atoms in total. The summed E-state index contributed by atoms with van der Waals surface area (Å²) in [5, 5.41) is 21.1. The monoisotopic (exact) mass is 477 g/mol. The van der Waals surface area contributed by atoms with Crippen molar-refractivity contribution < 1.29 is 23.9 Å². The zero-order chi connectivity index (χ0) is 24.7. The number of carbonyl (C=O) groups is 3. The van der Waals surface area contributed by atoms with Gasteiger partial charge in [-0.05, 0) is 36.2 Å². The van der Waals surface area contributed by atoms with E-state index in [1.807, 2.05) is 6.07 Å². The fourth-order valence-corrected chi connectivity index (χ4v) is 5.07. The Kier molecular flexibility index (Phi) is 5.86. The molecular weight excluding hydrogens is 453 g/mol. The van der Waals surface area contributed by atoms with Gasteiger partial charge in [-0.1, -0.05) is 6.07 Å². The number of benzene rings is 2. The van der Waals surface area contributed by atoms with Crippen molar-refractivity contribution in [1.29, 1.82) is 5.26 Å². The summed E-state index contributed by atoms with van der Waals surface area (Å²) in [5.41, 5.74) is 2.78. The average molecular weight is 477 g/mol. The molecule has 10 heteroatoms. The molecule has 2 N–H and O–H groups in total. The third-order valence-electron chi connectivity index (χ3n) is 6.90. The second kappa shape index (κ2) is 9.00. The summed E-state index contributed by atoms with van der Waals surface area (Å²) in [5.74, 6) is -1.78. The van der Waals surface area contributed by atoms with Crippen LogP contribution in [0.4, 0.5) is 10.1 Å². The number of rotatable bonds is 4. The van der Waals surface area contributed by atoms with Gasteiger partial charge in [-0.15, -0.1) is 0 Å². The maximum atomic E-state index is 14.5. The molecular formula is C25H24FN5O4. The van der Waals surface area contributed by atoms with Gasteiger partial charge in [-0.2, -0.15) is 5.26 Å². The Labute approximate surface area is 201 Å². The number of nitriles is 1. The van der Waals surface area contributed by atoms with Gasteiger partial charge >= 0.3 is 0 Å². The molecule has 2 aromatic carbocycles. The maximum absolute atomic E-state index is 14.5. The summed E-state index contributed by atoms with van der Waals surface area (Å²) in [6.07, 6.45) is 0.419. The van der Waals surface area contributed by atoms with E-state index in [0.29, 0.717) is 44.0 Å². The molecule has 3 amide bonds. The number of aromatic hydroxyl groups is 1. The van der Waals surface area contributed by atoms with Crippen LogP contribution in [0.25, 0.3) is 0 Å². The van der Waals surface area contributed by atoms with Crippen molar-refractivity contribution in [2.24, 2.45) is 0 Å². The number of fused-ring (bicyclic) bond motifs is 1. The number of piperazine rings is 1. The summed E-state index contributed by atoms with van der Waals surface area (Å²) >= 11 is 0. The van der Waals surface area contributed by atoms with Gasteiger partial charge in [0.1, 0.15) is 23.7 Å². The van der Waals surface area contributed by atoms with E-state index in [2.05, 4.69) is 15.1 Å². The van der Waals surface area contributed by atoms with E-state index >= 15 is 0 Å². The molecule has 1 unspecified atom stereocenters. The molecule has 0 saturated carbocycles. The first kappa shape index (κ1) is 22.8. The van der Waals surface area contributed by atoms with E-state index in [0.717, 1.165) is 5.56 Å². The van der Waals surface area contributed by atoms with Gasteiger partial charge in [0.05, 0.1) is 5.56 Å². The topological polar surface area (TPSA) is 117 Å². The summed E-state index contributed by atoms with van der Waals surface area (Å²) in [7, 11) is 0. The zero-order valence-electron chi connectivity index (χ0n) is 19.0. The van der Waals surface area contributed by atoms with E-state index in [9.17, 15) is 23.9 Å². The Bertz CT molecular complexity index is 1270. The number of phenols is 1. The minimum absolute atomic E-state index is 0.0399. The summed E-state index contributed by atoms with van der Waals surface area (Å²) in [4.78, 5) is 42.6. The van der Waals surface area contributed by atoms with Crippen LogP contribution in [0.5, 0.6) is 5.75 Å². The van der Waals surface area contributed by atoms with E-state index < -0.39 is 23.7 Å². The molecule has 2 fully saturated rings. The van der Waals surface area contributed by atoms with Crippen LogP contribution >= 0.6 is 0 Å². The van der Waals surface area contributed by atoms with Crippen LogP contribution in [0.3, 0.4) is 0 Å². The highest BCUT2D eigenvalue weighted by Gasteiger charge is 2.41. The predicted molar refractivity (Wildman–Crippen MR) is 123 cm³/mol. The van der Waals surface area contributed by atoms with Crippen molar-refractivity contribution in [1.82, 2.24) is 15.1 Å². The molecule has 35 heavy (non-hydrogen) atoms. The minimum Gasteiger partial charge on any atom is -0.507 e. The Hall–Kier alpha value is -3.97. The standard InChI is InChI=1S/C25H24FN5O4/c26-17-10-18-19(14-31(25(18)35)20-2-4-23(33)28-24(20)34)21(11-17)30-7-5-29(6-8-30)13-15-1-3-22(32)16(9-15)12-27/h1,3,9-11,20,32H,2,4-8,13-14H2,(H,28,33,34). The molecule has 0 aromatic heterocycles. The van der Waals surface area contributed by atoms with Crippen molar-refractivity contribution in [2.75, 3.05) is 31.1 Å². The predicted octanol–water partition coefficient (Wildman–Crippen LogP) is 1.49. The lowest BCUT2D eigenvalue weighted by Crippen LogP contribution is -2.52. The van der Waals surface area contributed by atoms with Gasteiger partial charge in [-0.25, -0.2) is 4.39 Å². The molecule has 2 aromatic rings. The smallest absolute Gasteiger partial charge is 0.255 e. The van der Waals surface area contributed by atoms with Crippen molar-refractivity contribution in [3.8, 4) is 11.8 Å². The molecule has 0 aliphatic carbocycles. The van der Waals surface area contributed by atoms with Crippen LogP contribution in [0.1, 0.15) is 39.9 Å². The second-order valence-electron chi connectivity index (χ2n) is 9.08. The number of imide groups is 1. The highest BCUT2D eigenvalue weighted by molar-refractivity contribution is 6.06. The van der Waals surface area contributed by atoms with Gasteiger partial charge in [0.2, 0.25) is 11.8 Å². The first-order chi connectivity index (χ1) is 16.8. The number of hydrogen-bond acceptors (Lipinski definition) is 7. The molecule has 180 valence electrons. The molecule has 3 aliphatic rings. The molecule has 0 spiro atoms. The quantitative estimate of drug-likeness (QED) is 0.641. The Morgan fingerprint density at radius 2 is 1.89 bits per heavy atom. The SMILES string of the molecule is N#Cc1cc(CN2CCN(c3cc(F)cc4c3CN(C3CCC(=O)NC3=O)C4=O)CC2)ccc1O. The molecule has 2 saturated heterocycles. The third kappa shape index (κ3) is 4.31. The Morgan fingerprint density at radius 1 is 1.11 bits per heavy atom. The summed E-state index contributed by atoms with van der Waals surface area (Å²) in [6, 6.07) is 8.88. The van der Waals surface area contributed by atoms with Crippen molar-refractivity contribution in [3.63, 3.8) is 0 Å². The van der Waals surface area contributed by atoms with Crippen molar-refractivity contribution >= 4 is 23.4 Å². The number of nitrogens with zero attached hydrogens (tertiary/aromatic N) is 4. The number of hydrogen-bond donors (Lipinski definition) is 2. The van der Waals surface area contributed by atoms with Gasteiger partial charge in [0, 0.05) is 62.5 Å². The van der Waals surface area contributed by atoms with Crippen molar-refractivity contribution in [3.05, 3.63) is 58.4 Å². The van der Waals surface area contributed by atoms with Crippen LogP contribution in [-0.2, 0) is 22.7 Å². The van der Waals surface area contributed by atoms with Crippen LogP contribution in [0.15, 0.2) is 30.3 Å². The number of phenolic OH excluding ortho intramolecular Hbond substituents is 1. The lowest BCUT2D eigenvalue weighted by atomic mass is 10.0. The molecule has 3 aliphatic heterocycles. The maximum Gasteiger partial charge on any atom is 0.255 e.